The summed E-state index contributed by atoms with van der Waals surface area (Å²) < 4.78 is 32.2. The molecule has 0 amide bonds. The summed E-state index contributed by atoms with van der Waals surface area (Å²) in [5.41, 5.74) is -0.437. The summed E-state index contributed by atoms with van der Waals surface area (Å²) in [5, 5.41) is 10.9. The van der Waals surface area contributed by atoms with E-state index in [9.17, 15) is 18.5 Å². The zero-order chi connectivity index (χ0) is 16.2. The molecule has 0 saturated carbocycles. The first kappa shape index (κ1) is 16.2. The molecule has 1 heterocycles. The van der Waals surface area contributed by atoms with Crippen LogP contribution in [0.25, 0.3) is 0 Å². The van der Waals surface area contributed by atoms with Gasteiger partial charge in [-0.25, -0.2) is 13.1 Å². The van der Waals surface area contributed by atoms with E-state index in [1.54, 1.807) is 19.3 Å². The van der Waals surface area contributed by atoms with E-state index in [1.165, 1.54) is 24.3 Å². The number of sulfonamides is 1. The molecule has 1 N–H and O–H groups in total. The van der Waals surface area contributed by atoms with E-state index in [0.29, 0.717) is 12.8 Å². The molecule has 22 heavy (non-hydrogen) atoms. The number of furan rings is 1. The number of nitro groups is 1. The maximum atomic E-state index is 12.3. The quantitative estimate of drug-likeness (QED) is 0.622. The van der Waals surface area contributed by atoms with Crippen LogP contribution in [0.5, 0.6) is 0 Å². The third-order valence-electron chi connectivity index (χ3n) is 3.11. The first-order valence-corrected chi connectivity index (χ1v) is 8.16. The predicted octanol–water partition coefficient (Wildman–Crippen LogP) is 2.49. The minimum atomic E-state index is -3.95. The molecule has 1 atom stereocenters. The summed E-state index contributed by atoms with van der Waals surface area (Å²) in [4.78, 5) is 9.90. The van der Waals surface area contributed by atoms with Gasteiger partial charge in [0, 0.05) is 18.5 Å². The molecule has 2 aromatic rings. The summed E-state index contributed by atoms with van der Waals surface area (Å²) >= 11 is 0. The van der Waals surface area contributed by atoms with Gasteiger partial charge in [0.05, 0.1) is 11.2 Å². The smallest absolute Gasteiger partial charge is 0.289 e. The molecule has 0 spiro atoms. The number of aryl methyl sites for hydroxylation is 1. The van der Waals surface area contributed by atoms with Crippen molar-refractivity contribution in [3.05, 3.63) is 58.5 Å². The van der Waals surface area contributed by atoms with Gasteiger partial charge in [-0.05, 0) is 31.5 Å². The zero-order valence-corrected chi connectivity index (χ0v) is 12.7. The van der Waals surface area contributed by atoms with Crippen LogP contribution in [0, 0.1) is 10.1 Å². The Hall–Kier alpha value is -2.19. The molecule has 0 aliphatic rings. The number of nitrogens with zero attached hydrogens (tertiary/aromatic N) is 1. The second kappa shape index (κ2) is 6.71. The highest BCUT2D eigenvalue weighted by Crippen LogP contribution is 2.23. The molecule has 1 aromatic carbocycles. The second-order valence-corrected chi connectivity index (χ2v) is 6.55. The lowest BCUT2D eigenvalue weighted by Crippen LogP contribution is -2.33. The van der Waals surface area contributed by atoms with E-state index < -0.39 is 20.6 Å². The summed E-state index contributed by atoms with van der Waals surface area (Å²) in [6.45, 7) is 1.70. The average molecular weight is 324 g/mol. The van der Waals surface area contributed by atoms with Crippen molar-refractivity contribution in [3.8, 4) is 0 Å². The zero-order valence-electron chi connectivity index (χ0n) is 11.9. The summed E-state index contributed by atoms with van der Waals surface area (Å²) in [6.07, 6.45) is 2.65. The van der Waals surface area contributed by atoms with Gasteiger partial charge < -0.3 is 4.42 Å². The van der Waals surface area contributed by atoms with Crippen LogP contribution in [0.4, 0.5) is 5.69 Å². The molecule has 2 rings (SSSR count). The van der Waals surface area contributed by atoms with Crippen LogP contribution in [0.15, 0.2) is 52.0 Å². The first-order chi connectivity index (χ1) is 10.4. The number of nitro benzene ring substituents is 1. The highest BCUT2D eigenvalue weighted by Gasteiger charge is 2.26. The number of rotatable bonds is 7. The number of para-hydroxylation sites is 1. The lowest BCUT2D eigenvalue weighted by molar-refractivity contribution is -0.387. The minimum absolute atomic E-state index is 0.329. The van der Waals surface area contributed by atoms with E-state index in [2.05, 4.69) is 4.72 Å². The van der Waals surface area contributed by atoms with Crippen LogP contribution < -0.4 is 4.72 Å². The van der Waals surface area contributed by atoms with E-state index in [1.807, 2.05) is 6.07 Å². The topological polar surface area (TPSA) is 102 Å². The van der Waals surface area contributed by atoms with Crippen molar-refractivity contribution in [2.24, 2.45) is 0 Å². The number of nitrogens with one attached hydrogen (secondary N) is 1. The Bertz CT molecular complexity index is 740. The standard InChI is InChI=1S/C14H16N2O5S/c1-11(8-9-12-5-4-10-21-12)15-22(19,20)14-7-3-2-6-13(14)16(17)18/h2-7,10-11,15H,8-9H2,1H3. The van der Waals surface area contributed by atoms with E-state index >= 15 is 0 Å². The SMILES string of the molecule is CC(CCc1ccco1)NS(=O)(=O)c1ccccc1[N+](=O)[O-]. The van der Waals surface area contributed by atoms with Gasteiger partial charge in [-0.1, -0.05) is 12.1 Å². The van der Waals surface area contributed by atoms with Gasteiger partial charge in [0.25, 0.3) is 5.69 Å². The molecule has 7 nitrogen and oxygen atoms in total. The van der Waals surface area contributed by atoms with Crippen LogP contribution in [-0.4, -0.2) is 19.4 Å². The molecule has 0 fully saturated rings. The van der Waals surface area contributed by atoms with Crippen LogP contribution in [0.2, 0.25) is 0 Å². The molecule has 1 unspecified atom stereocenters. The summed E-state index contributed by atoms with van der Waals surface area (Å²) in [6, 6.07) is 8.46. The van der Waals surface area contributed by atoms with Gasteiger partial charge in [-0.15, -0.1) is 0 Å². The number of benzene rings is 1. The van der Waals surface area contributed by atoms with Crippen LogP contribution >= 0.6 is 0 Å². The predicted molar refractivity (Wildman–Crippen MR) is 79.9 cm³/mol. The Labute approximate surface area is 128 Å². The highest BCUT2D eigenvalue weighted by molar-refractivity contribution is 7.89. The number of hydrogen-bond donors (Lipinski definition) is 1. The van der Waals surface area contributed by atoms with Crippen molar-refractivity contribution in [3.63, 3.8) is 0 Å². The molecular weight excluding hydrogens is 308 g/mol. The fraction of sp³-hybridized carbons (Fsp3) is 0.286. The van der Waals surface area contributed by atoms with E-state index in [0.717, 1.165) is 5.76 Å². The third kappa shape index (κ3) is 3.92. The Balaban J connectivity index is 2.09. The van der Waals surface area contributed by atoms with Crippen molar-refractivity contribution < 1.29 is 17.8 Å². The Morgan fingerprint density at radius 3 is 2.64 bits per heavy atom. The molecule has 1 aromatic heterocycles. The Morgan fingerprint density at radius 2 is 2.00 bits per heavy atom. The highest BCUT2D eigenvalue weighted by atomic mass is 32.2. The van der Waals surface area contributed by atoms with Crippen LogP contribution in [-0.2, 0) is 16.4 Å². The maximum Gasteiger partial charge on any atom is 0.289 e. The molecule has 118 valence electrons. The summed E-state index contributed by atoms with van der Waals surface area (Å²) in [7, 11) is -3.95. The van der Waals surface area contributed by atoms with E-state index in [-0.39, 0.29) is 10.9 Å². The fourth-order valence-electron chi connectivity index (χ4n) is 2.04. The van der Waals surface area contributed by atoms with Crippen molar-refractivity contribution >= 4 is 15.7 Å². The normalized spacial score (nSPS) is 13.0. The number of hydrogen-bond acceptors (Lipinski definition) is 5. The maximum absolute atomic E-state index is 12.3. The fourth-order valence-corrected chi connectivity index (χ4v) is 3.49. The molecule has 0 radical (unpaired) electrons. The van der Waals surface area contributed by atoms with Gasteiger partial charge in [0.1, 0.15) is 5.76 Å². The van der Waals surface area contributed by atoms with Crippen molar-refractivity contribution in [2.45, 2.75) is 30.7 Å². The lowest BCUT2D eigenvalue weighted by Gasteiger charge is -2.13. The van der Waals surface area contributed by atoms with Crippen LogP contribution in [0.1, 0.15) is 19.1 Å². The van der Waals surface area contributed by atoms with Crippen molar-refractivity contribution in [1.29, 1.82) is 0 Å². The third-order valence-corrected chi connectivity index (χ3v) is 4.75. The van der Waals surface area contributed by atoms with Gasteiger partial charge >= 0.3 is 0 Å². The first-order valence-electron chi connectivity index (χ1n) is 6.68. The Kier molecular flexibility index (Phi) is 4.94. The lowest BCUT2D eigenvalue weighted by atomic mass is 10.2. The Morgan fingerprint density at radius 1 is 1.27 bits per heavy atom. The average Bonchev–Trinajstić information content (AvgIpc) is 2.98. The van der Waals surface area contributed by atoms with Gasteiger partial charge in [0.15, 0.2) is 4.90 Å². The van der Waals surface area contributed by atoms with Crippen molar-refractivity contribution in [1.82, 2.24) is 4.72 Å². The van der Waals surface area contributed by atoms with Gasteiger partial charge in [-0.3, -0.25) is 10.1 Å². The van der Waals surface area contributed by atoms with Gasteiger partial charge in [0.2, 0.25) is 10.0 Å². The molecule has 0 aliphatic carbocycles. The molecule has 0 bridgehead atoms. The molecular formula is C14H16N2O5S. The second-order valence-electron chi connectivity index (χ2n) is 4.87. The minimum Gasteiger partial charge on any atom is -0.469 e. The molecule has 0 aliphatic heterocycles. The molecule has 0 saturated heterocycles. The summed E-state index contributed by atoms with van der Waals surface area (Å²) in [5.74, 6) is 0.761. The molecule has 8 heteroatoms. The van der Waals surface area contributed by atoms with E-state index in [4.69, 9.17) is 4.42 Å². The van der Waals surface area contributed by atoms with Crippen LogP contribution in [0.3, 0.4) is 0 Å². The largest absolute Gasteiger partial charge is 0.469 e. The van der Waals surface area contributed by atoms with Crippen molar-refractivity contribution in [2.75, 3.05) is 0 Å². The monoisotopic (exact) mass is 324 g/mol. The van der Waals surface area contributed by atoms with Gasteiger partial charge in [-0.2, -0.15) is 0 Å².